The number of thiazole rings is 1. The van der Waals surface area contributed by atoms with Crippen LogP contribution in [-0.2, 0) is 16.0 Å². The Bertz CT molecular complexity index is 836. The third kappa shape index (κ3) is 7.93. The van der Waals surface area contributed by atoms with E-state index in [0.29, 0.717) is 50.0 Å². The van der Waals surface area contributed by atoms with E-state index in [1.165, 1.54) is 11.3 Å². The van der Waals surface area contributed by atoms with Crippen molar-refractivity contribution < 1.29 is 19.1 Å². The zero-order valence-corrected chi connectivity index (χ0v) is 19.5. The lowest BCUT2D eigenvalue weighted by Crippen LogP contribution is -2.36. The van der Waals surface area contributed by atoms with Crippen LogP contribution in [0.5, 0.6) is 0 Å². The number of carbonyl (C=O) groups excluding carboxylic acids is 2. The number of hydrogen-bond acceptors (Lipinski definition) is 6. The molecule has 0 saturated heterocycles. The fourth-order valence-corrected chi connectivity index (χ4v) is 3.80. The molecule has 0 aliphatic heterocycles. The van der Waals surface area contributed by atoms with Gasteiger partial charge in [-0.2, -0.15) is 0 Å². The molecule has 3 amide bonds. The Morgan fingerprint density at radius 1 is 1.10 bits per heavy atom. The Labute approximate surface area is 188 Å². The molecule has 31 heavy (non-hydrogen) atoms. The number of aryl methyl sites for hydroxylation is 2. The van der Waals surface area contributed by atoms with Gasteiger partial charge in [0, 0.05) is 51.6 Å². The number of nitrogens with one attached hydrogen (secondary N) is 2. The first-order valence-electron chi connectivity index (χ1n) is 10.3. The number of aromatic nitrogens is 1. The smallest absolute Gasteiger partial charge is 0.322 e. The maximum Gasteiger partial charge on any atom is 0.322 e. The first-order chi connectivity index (χ1) is 15.0. The fraction of sp³-hybridized carbons (Fsp3) is 0.500. The second kappa shape index (κ2) is 13.0. The highest BCUT2D eigenvalue weighted by Crippen LogP contribution is 2.21. The van der Waals surface area contributed by atoms with Crippen LogP contribution in [0, 0.1) is 13.8 Å². The van der Waals surface area contributed by atoms with Crippen LogP contribution < -0.4 is 10.6 Å². The molecular formula is C22H32N4O4S. The van der Waals surface area contributed by atoms with Crippen molar-refractivity contribution in [3.8, 4) is 0 Å². The minimum absolute atomic E-state index is 0.200. The summed E-state index contributed by atoms with van der Waals surface area (Å²) in [6.07, 6.45) is 1.44. The lowest BCUT2D eigenvalue weighted by Gasteiger charge is -2.23. The summed E-state index contributed by atoms with van der Waals surface area (Å²) in [6, 6.07) is 5.70. The van der Waals surface area contributed by atoms with Crippen LogP contribution in [0.25, 0.3) is 0 Å². The Hall–Kier alpha value is -2.49. The summed E-state index contributed by atoms with van der Waals surface area (Å²) in [7, 11) is 3.27. The van der Waals surface area contributed by atoms with Crippen LogP contribution >= 0.6 is 11.3 Å². The molecule has 0 radical (unpaired) electrons. The van der Waals surface area contributed by atoms with Crippen LogP contribution in [0.15, 0.2) is 23.6 Å². The van der Waals surface area contributed by atoms with Crippen molar-refractivity contribution in [2.24, 2.45) is 0 Å². The number of methoxy groups -OCH3 is 2. The van der Waals surface area contributed by atoms with Crippen molar-refractivity contribution in [2.75, 3.05) is 45.8 Å². The van der Waals surface area contributed by atoms with Crippen molar-refractivity contribution in [1.29, 1.82) is 0 Å². The van der Waals surface area contributed by atoms with Gasteiger partial charge in [0.15, 0.2) is 0 Å². The molecule has 0 aliphatic carbocycles. The van der Waals surface area contributed by atoms with Crippen molar-refractivity contribution in [1.82, 2.24) is 15.2 Å². The first kappa shape index (κ1) is 24.8. The van der Waals surface area contributed by atoms with E-state index in [-0.39, 0.29) is 11.9 Å². The molecule has 0 atom stereocenters. The van der Waals surface area contributed by atoms with E-state index in [4.69, 9.17) is 9.47 Å². The number of amides is 3. The Balaban J connectivity index is 2.04. The maximum absolute atomic E-state index is 13.0. The minimum Gasteiger partial charge on any atom is -0.385 e. The minimum atomic E-state index is -0.218. The van der Waals surface area contributed by atoms with Gasteiger partial charge in [-0.3, -0.25) is 4.79 Å². The van der Waals surface area contributed by atoms with E-state index in [1.54, 1.807) is 24.5 Å². The van der Waals surface area contributed by atoms with Gasteiger partial charge < -0.3 is 25.0 Å². The quantitative estimate of drug-likeness (QED) is 0.484. The summed E-state index contributed by atoms with van der Waals surface area (Å²) in [4.78, 5) is 31.4. The zero-order valence-electron chi connectivity index (χ0n) is 18.7. The van der Waals surface area contributed by atoms with Gasteiger partial charge >= 0.3 is 6.03 Å². The average molecular weight is 449 g/mol. The number of anilines is 1. The van der Waals surface area contributed by atoms with Gasteiger partial charge in [-0.1, -0.05) is 18.2 Å². The highest BCUT2D eigenvalue weighted by Gasteiger charge is 2.18. The molecule has 0 aliphatic rings. The molecule has 2 rings (SSSR count). The summed E-state index contributed by atoms with van der Waals surface area (Å²) in [5, 5.41) is 8.28. The highest BCUT2D eigenvalue weighted by molar-refractivity contribution is 7.09. The van der Waals surface area contributed by atoms with Crippen molar-refractivity contribution in [3.63, 3.8) is 0 Å². The monoisotopic (exact) mass is 448 g/mol. The lowest BCUT2D eigenvalue weighted by atomic mass is 10.1. The molecular weight excluding hydrogens is 416 g/mol. The predicted octanol–water partition coefficient (Wildman–Crippen LogP) is 3.60. The Morgan fingerprint density at radius 2 is 1.77 bits per heavy atom. The molecule has 0 fully saturated rings. The lowest BCUT2D eigenvalue weighted by molar-refractivity contribution is 0.0944. The van der Waals surface area contributed by atoms with Gasteiger partial charge in [-0.15, -0.1) is 11.3 Å². The number of ether oxygens (including phenoxy) is 2. The van der Waals surface area contributed by atoms with Crippen LogP contribution in [0.1, 0.15) is 39.5 Å². The molecule has 2 aromatic rings. The van der Waals surface area contributed by atoms with Gasteiger partial charge in [-0.25, -0.2) is 9.78 Å². The van der Waals surface area contributed by atoms with Gasteiger partial charge in [0.1, 0.15) is 10.7 Å². The van der Waals surface area contributed by atoms with Crippen molar-refractivity contribution in [3.05, 3.63) is 45.4 Å². The summed E-state index contributed by atoms with van der Waals surface area (Å²) in [5.41, 5.74) is 3.20. The van der Waals surface area contributed by atoms with E-state index >= 15 is 0 Å². The van der Waals surface area contributed by atoms with Crippen LogP contribution in [0.4, 0.5) is 10.5 Å². The zero-order chi connectivity index (χ0) is 22.6. The highest BCUT2D eigenvalue weighted by atomic mass is 32.1. The molecule has 9 heteroatoms. The standard InChI is InChI=1S/C22H32N4O4S/c1-16-8-5-9-17(2)20(16)25-22(28)26(11-7-13-30-4)14-19-24-18(15-31-19)21(27)23-10-6-12-29-3/h5,8-9,15H,6-7,10-14H2,1-4H3,(H,23,27)(H,25,28). The Morgan fingerprint density at radius 3 is 2.45 bits per heavy atom. The summed E-state index contributed by atoms with van der Waals surface area (Å²) < 4.78 is 10.1. The molecule has 8 nitrogen and oxygen atoms in total. The number of carbonyl (C=O) groups is 2. The van der Waals surface area contributed by atoms with Gasteiger partial charge in [0.05, 0.1) is 6.54 Å². The van der Waals surface area contributed by atoms with E-state index in [2.05, 4.69) is 15.6 Å². The van der Waals surface area contributed by atoms with Gasteiger partial charge in [0.25, 0.3) is 5.91 Å². The predicted molar refractivity (Wildman–Crippen MR) is 123 cm³/mol. The molecule has 1 aromatic heterocycles. The summed E-state index contributed by atoms with van der Waals surface area (Å²) >= 11 is 1.37. The second-order valence-corrected chi connectivity index (χ2v) is 8.14. The third-order valence-electron chi connectivity index (χ3n) is 4.70. The van der Waals surface area contributed by atoms with E-state index in [9.17, 15) is 9.59 Å². The molecule has 0 unspecified atom stereocenters. The maximum atomic E-state index is 13.0. The number of rotatable bonds is 12. The average Bonchev–Trinajstić information content (AvgIpc) is 3.22. The molecule has 1 heterocycles. The van der Waals surface area contributed by atoms with Gasteiger partial charge in [-0.05, 0) is 37.8 Å². The second-order valence-electron chi connectivity index (χ2n) is 7.19. The van der Waals surface area contributed by atoms with Gasteiger partial charge in [0.2, 0.25) is 0 Å². The molecule has 0 saturated carbocycles. The van der Waals surface area contributed by atoms with Crippen LogP contribution in [0.2, 0.25) is 0 Å². The molecule has 2 N–H and O–H groups in total. The first-order valence-corrected chi connectivity index (χ1v) is 11.2. The van der Waals surface area contributed by atoms with Crippen LogP contribution in [-0.4, -0.2) is 62.3 Å². The topological polar surface area (TPSA) is 92.8 Å². The van der Waals surface area contributed by atoms with Crippen molar-refractivity contribution in [2.45, 2.75) is 33.2 Å². The largest absolute Gasteiger partial charge is 0.385 e. The van der Waals surface area contributed by atoms with Crippen molar-refractivity contribution >= 4 is 29.0 Å². The Kier molecular flexibility index (Phi) is 10.4. The normalized spacial score (nSPS) is 10.7. The molecule has 0 spiro atoms. The number of urea groups is 1. The van der Waals surface area contributed by atoms with E-state index in [1.807, 2.05) is 32.0 Å². The number of benzene rings is 1. The summed E-state index contributed by atoms with van der Waals surface area (Å²) in [5.74, 6) is -0.218. The number of nitrogens with zero attached hydrogens (tertiary/aromatic N) is 2. The van der Waals surface area contributed by atoms with E-state index in [0.717, 1.165) is 23.2 Å². The SMILES string of the molecule is COCCCNC(=O)c1csc(CN(CCCOC)C(=O)Nc2c(C)cccc2C)n1. The van der Waals surface area contributed by atoms with E-state index < -0.39 is 0 Å². The number of para-hydroxylation sites is 1. The van der Waals surface area contributed by atoms with Crippen LogP contribution in [0.3, 0.4) is 0 Å². The fourth-order valence-electron chi connectivity index (χ4n) is 3.01. The molecule has 1 aromatic carbocycles. The molecule has 170 valence electrons. The number of hydrogen-bond donors (Lipinski definition) is 2. The molecule has 0 bridgehead atoms. The third-order valence-corrected chi connectivity index (χ3v) is 5.53. The summed E-state index contributed by atoms with van der Waals surface area (Å²) in [6.45, 7) is 6.45.